The maximum atomic E-state index is 13.3. The fraction of sp³-hybridized carbons (Fsp3) is 0.0455. The predicted molar refractivity (Wildman–Crippen MR) is 115 cm³/mol. The van der Waals surface area contributed by atoms with E-state index < -0.39 is 11.0 Å². The Morgan fingerprint density at radius 2 is 1.77 bits per heavy atom. The second-order valence-corrected chi connectivity index (χ2v) is 7.42. The molecule has 0 saturated heterocycles. The number of nitro groups is 1. The Kier molecular flexibility index (Phi) is 4.48. The lowest BCUT2D eigenvalue weighted by Gasteiger charge is -2.25. The Bertz CT molecular complexity index is 1290. The molecule has 8 nitrogen and oxygen atoms in total. The van der Waals surface area contributed by atoms with Gasteiger partial charge in [-0.1, -0.05) is 29.8 Å². The number of aromatic nitrogens is 3. The Hall–Kier alpha value is -4.04. The third kappa shape index (κ3) is 3.13. The van der Waals surface area contributed by atoms with E-state index in [2.05, 4.69) is 15.2 Å². The monoisotopic (exact) mass is 431 g/mol. The van der Waals surface area contributed by atoms with Crippen LogP contribution >= 0.6 is 11.6 Å². The minimum Gasteiger partial charge on any atom is -0.279 e. The number of halogens is 1. The van der Waals surface area contributed by atoms with Gasteiger partial charge in [0.25, 0.3) is 11.6 Å². The summed E-state index contributed by atoms with van der Waals surface area (Å²) in [7, 11) is 0. The van der Waals surface area contributed by atoms with Crippen molar-refractivity contribution in [2.24, 2.45) is 0 Å². The first-order valence-electron chi connectivity index (χ1n) is 9.38. The number of pyridine rings is 1. The average molecular weight is 432 g/mol. The number of carbonyl (C=O) groups is 1. The third-order valence-electron chi connectivity index (χ3n) is 5.20. The predicted octanol–water partition coefficient (Wildman–Crippen LogP) is 4.78. The van der Waals surface area contributed by atoms with E-state index in [1.165, 1.54) is 12.1 Å². The van der Waals surface area contributed by atoms with Crippen molar-refractivity contribution in [2.45, 2.75) is 6.04 Å². The lowest BCUT2D eigenvalue weighted by Crippen LogP contribution is -2.30. The van der Waals surface area contributed by atoms with Crippen molar-refractivity contribution in [3.63, 3.8) is 0 Å². The lowest BCUT2D eigenvalue weighted by molar-refractivity contribution is -0.384. The van der Waals surface area contributed by atoms with Crippen LogP contribution < -0.4 is 4.90 Å². The van der Waals surface area contributed by atoms with E-state index >= 15 is 0 Å². The number of amides is 1. The van der Waals surface area contributed by atoms with Crippen molar-refractivity contribution in [1.29, 1.82) is 0 Å². The SMILES string of the molecule is O=C1c2[nH]nc(-c3ccc(Cl)cc3)c2C(c2ccc([N+](=O)[O-])cc2)N1c1ccccn1. The molecule has 1 aliphatic rings. The summed E-state index contributed by atoms with van der Waals surface area (Å²) in [4.78, 5) is 29.9. The van der Waals surface area contributed by atoms with Gasteiger partial charge in [0.2, 0.25) is 0 Å². The molecular formula is C22H14ClN5O3. The number of benzene rings is 2. The van der Waals surface area contributed by atoms with Gasteiger partial charge in [-0.25, -0.2) is 4.98 Å². The lowest BCUT2D eigenvalue weighted by atomic mass is 9.96. The summed E-state index contributed by atoms with van der Waals surface area (Å²) in [5.74, 6) is 0.201. The summed E-state index contributed by atoms with van der Waals surface area (Å²) < 4.78 is 0. The van der Waals surface area contributed by atoms with Gasteiger partial charge in [-0.3, -0.25) is 24.9 Å². The number of nitrogens with one attached hydrogen (secondary N) is 1. The van der Waals surface area contributed by atoms with Crippen molar-refractivity contribution < 1.29 is 9.72 Å². The molecule has 1 aliphatic heterocycles. The molecule has 0 bridgehead atoms. The highest BCUT2D eigenvalue weighted by atomic mass is 35.5. The first kappa shape index (κ1) is 19.0. The van der Waals surface area contributed by atoms with E-state index in [1.807, 2.05) is 12.1 Å². The number of rotatable bonds is 4. The van der Waals surface area contributed by atoms with Gasteiger partial charge in [0.15, 0.2) is 0 Å². The van der Waals surface area contributed by atoms with Gasteiger partial charge in [-0.15, -0.1) is 0 Å². The van der Waals surface area contributed by atoms with Crippen LogP contribution in [0.25, 0.3) is 11.3 Å². The molecule has 0 saturated carbocycles. The van der Waals surface area contributed by atoms with E-state index in [0.29, 0.717) is 33.4 Å². The minimum absolute atomic E-state index is 0.0252. The summed E-state index contributed by atoms with van der Waals surface area (Å²) in [6.07, 6.45) is 1.61. The van der Waals surface area contributed by atoms with Crippen molar-refractivity contribution in [3.8, 4) is 11.3 Å². The molecule has 5 rings (SSSR count). The van der Waals surface area contributed by atoms with Crippen LogP contribution in [-0.4, -0.2) is 26.0 Å². The van der Waals surface area contributed by atoms with Crippen LogP contribution in [0.3, 0.4) is 0 Å². The largest absolute Gasteiger partial charge is 0.279 e. The summed E-state index contributed by atoms with van der Waals surface area (Å²) in [5.41, 5.74) is 3.14. The first-order chi connectivity index (χ1) is 15.0. The smallest absolute Gasteiger partial charge is 0.278 e. The van der Waals surface area contributed by atoms with Gasteiger partial charge in [-0.05, 0) is 42.0 Å². The molecule has 1 unspecified atom stereocenters. The number of fused-ring (bicyclic) bond motifs is 1. The number of nitro benzene ring substituents is 1. The van der Waals surface area contributed by atoms with Gasteiger partial charge in [-0.2, -0.15) is 5.10 Å². The topological polar surface area (TPSA) is 105 Å². The molecule has 1 amide bonds. The van der Waals surface area contributed by atoms with Crippen molar-refractivity contribution in [2.75, 3.05) is 4.90 Å². The van der Waals surface area contributed by atoms with E-state index in [1.54, 1.807) is 53.6 Å². The van der Waals surface area contributed by atoms with Crippen molar-refractivity contribution >= 4 is 29.0 Å². The molecular weight excluding hydrogens is 418 g/mol. The second kappa shape index (κ2) is 7.33. The summed E-state index contributed by atoms with van der Waals surface area (Å²) in [6.45, 7) is 0. The van der Waals surface area contributed by atoms with Gasteiger partial charge >= 0.3 is 0 Å². The Labute approximate surface area is 181 Å². The van der Waals surface area contributed by atoms with Crippen molar-refractivity contribution in [1.82, 2.24) is 15.2 Å². The highest BCUT2D eigenvalue weighted by molar-refractivity contribution is 6.30. The normalized spacial score (nSPS) is 15.2. The number of aromatic amines is 1. The first-order valence-corrected chi connectivity index (χ1v) is 9.75. The molecule has 0 aliphatic carbocycles. The van der Waals surface area contributed by atoms with Crippen LogP contribution in [0.15, 0.2) is 72.9 Å². The Balaban J connectivity index is 1.70. The number of non-ortho nitro benzene ring substituents is 1. The molecule has 152 valence electrons. The average Bonchev–Trinajstić information content (AvgIpc) is 3.34. The molecule has 0 radical (unpaired) electrons. The minimum atomic E-state index is -0.553. The fourth-order valence-corrected chi connectivity index (χ4v) is 3.93. The van der Waals surface area contributed by atoms with Crippen LogP contribution in [0.4, 0.5) is 11.5 Å². The zero-order valence-electron chi connectivity index (χ0n) is 15.9. The molecule has 1 atom stereocenters. The molecule has 31 heavy (non-hydrogen) atoms. The molecule has 0 fully saturated rings. The molecule has 0 spiro atoms. The van der Waals surface area contributed by atoms with E-state index in [4.69, 9.17) is 11.6 Å². The molecule has 2 aromatic heterocycles. The molecule has 3 heterocycles. The highest BCUT2D eigenvalue weighted by Gasteiger charge is 2.43. The number of carbonyl (C=O) groups excluding carboxylic acids is 1. The second-order valence-electron chi connectivity index (χ2n) is 6.98. The van der Waals surface area contributed by atoms with Crippen molar-refractivity contribution in [3.05, 3.63) is 105 Å². The molecule has 1 N–H and O–H groups in total. The summed E-state index contributed by atoms with van der Waals surface area (Å²) in [5, 5.41) is 19.0. The quantitative estimate of drug-likeness (QED) is 0.369. The molecule has 2 aromatic carbocycles. The number of anilines is 1. The van der Waals surface area contributed by atoms with Gasteiger partial charge in [0.1, 0.15) is 11.5 Å². The Morgan fingerprint density at radius 1 is 1.03 bits per heavy atom. The van der Waals surface area contributed by atoms with Gasteiger partial charge in [0, 0.05) is 34.5 Å². The van der Waals surface area contributed by atoms with Crippen LogP contribution in [0, 0.1) is 10.1 Å². The van der Waals surface area contributed by atoms with E-state index in [9.17, 15) is 14.9 Å². The maximum Gasteiger partial charge on any atom is 0.278 e. The van der Waals surface area contributed by atoms with Crippen LogP contribution in [0.5, 0.6) is 0 Å². The Morgan fingerprint density at radius 3 is 2.42 bits per heavy atom. The van der Waals surface area contributed by atoms with E-state index in [0.717, 1.165) is 5.56 Å². The maximum absolute atomic E-state index is 13.3. The third-order valence-corrected chi connectivity index (χ3v) is 5.45. The van der Waals surface area contributed by atoms with Crippen LogP contribution in [-0.2, 0) is 0 Å². The zero-order valence-corrected chi connectivity index (χ0v) is 16.7. The van der Waals surface area contributed by atoms with Gasteiger partial charge < -0.3 is 0 Å². The number of nitrogens with zero attached hydrogens (tertiary/aromatic N) is 4. The van der Waals surface area contributed by atoms with Crippen LogP contribution in [0.1, 0.15) is 27.7 Å². The highest BCUT2D eigenvalue weighted by Crippen LogP contribution is 2.44. The number of hydrogen-bond acceptors (Lipinski definition) is 5. The van der Waals surface area contributed by atoms with Crippen LogP contribution in [0.2, 0.25) is 5.02 Å². The standard InChI is InChI=1S/C22H14ClN5O3/c23-15-8-4-13(5-9-15)19-18-20(26-25-19)22(29)27(17-3-1-2-12-24-17)21(18)14-6-10-16(11-7-14)28(30)31/h1-12,21H,(H,25,26). The number of H-pyrrole nitrogens is 1. The fourth-order valence-electron chi connectivity index (χ4n) is 3.80. The zero-order chi connectivity index (χ0) is 21.5. The van der Waals surface area contributed by atoms with E-state index in [-0.39, 0.29) is 11.6 Å². The molecule has 9 heteroatoms. The molecule has 4 aromatic rings. The number of hydrogen-bond donors (Lipinski definition) is 1. The van der Waals surface area contributed by atoms with Gasteiger partial charge in [0.05, 0.1) is 16.7 Å². The summed E-state index contributed by atoms with van der Waals surface area (Å²) >= 11 is 6.03. The summed E-state index contributed by atoms with van der Waals surface area (Å²) in [6, 6.07) is 18.1.